The largest absolute Gasteiger partial charge is 0.393 e. The number of amides is 2. The summed E-state index contributed by atoms with van der Waals surface area (Å²) in [5, 5.41) is 15.0. The van der Waals surface area contributed by atoms with Crippen LogP contribution in [0.25, 0.3) is 0 Å². The normalized spacial score (nSPS) is 15.1. The van der Waals surface area contributed by atoms with E-state index in [-0.39, 0.29) is 29.1 Å². The summed E-state index contributed by atoms with van der Waals surface area (Å²) in [7, 11) is 0. The number of hydrogen-bond acceptors (Lipinski definition) is 2. The molecule has 0 spiro atoms. The number of hydrogen-bond donors (Lipinski definition) is 3. The van der Waals surface area contributed by atoms with Crippen molar-refractivity contribution >= 4 is 17.6 Å². The summed E-state index contributed by atoms with van der Waals surface area (Å²) in [4.78, 5) is 11.8. The minimum Gasteiger partial charge on any atom is -0.393 e. The highest BCUT2D eigenvalue weighted by atomic mass is 35.5. The molecule has 118 valence electrons. The molecule has 0 heterocycles. The van der Waals surface area contributed by atoms with Crippen molar-refractivity contribution in [2.24, 2.45) is 5.92 Å². The van der Waals surface area contributed by atoms with Crippen LogP contribution in [0.2, 0.25) is 5.02 Å². The third-order valence-corrected chi connectivity index (χ3v) is 3.46. The first-order valence-electron chi connectivity index (χ1n) is 6.97. The van der Waals surface area contributed by atoms with Gasteiger partial charge in [0.15, 0.2) is 0 Å². The monoisotopic (exact) mass is 316 g/mol. The fourth-order valence-electron chi connectivity index (χ4n) is 2.11. The Morgan fingerprint density at radius 1 is 1.38 bits per heavy atom. The number of carbonyl (C=O) groups is 1. The SMILES string of the molecule is CC(O)CC(C)CNC(=O)NC(C)c1ccc(F)cc1Cl. The minimum atomic E-state index is -0.410. The summed E-state index contributed by atoms with van der Waals surface area (Å²) in [5.41, 5.74) is 0.658. The van der Waals surface area contributed by atoms with Gasteiger partial charge in [0.05, 0.1) is 12.1 Å². The molecule has 3 atom stereocenters. The molecule has 0 aliphatic rings. The molecule has 1 aromatic rings. The van der Waals surface area contributed by atoms with Gasteiger partial charge < -0.3 is 15.7 Å². The minimum absolute atomic E-state index is 0.181. The van der Waals surface area contributed by atoms with Gasteiger partial charge in [-0.1, -0.05) is 24.6 Å². The Morgan fingerprint density at radius 3 is 2.62 bits per heavy atom. The van der Waals surface area contributed by atoms with Gasteiger partial charge in [-0.2, -0.15) is 0 Å². The van der Waals surface area contributed by atoms with Gasteiger partial charge in [-0.3, -0.25) is 0 Å². The molecule has 0 aliphatic heterocycles. The zero-order valence-electron chi connectivity index (χ0n) is 12.5. The summed E-state index contributed by atoms with van der Waals surface area (Å²) in [6, 6.07) is 3.43. The maximum Gasteiger partial charge on any atom is 0.315 e. The summed E-state index contributed by atoms with van der Waals surface area (Å²) in [5.74, 6) is -0.229. The van der Waals surface area contributed by atoms with Crippen molar-refractivity contribution in [3.8, 4) is 0 Å². The van der Waals surface area contributed by atoms with E-state index in [0.717, 1.165) is 0 Å². The second-order valence-corrected chi connectivity index (χ2v) is 5.84. The molecule has 0 aliphatic carbocycles. The van der Waals surface area contributed by atoms with Crippen LogP contribution in [0.3, 0.4) is 0 Å². The van der Waals surface area contributed by atoms with Gasteiger partial charge in [0.25, 0.3) is 0 Å². The molecular weight excluding hydrogens is 295 g/mol. The smallest absolute Gasteiger partial charge is 0.315 e. The molecule has 1 aromatic carbocycles. The Labute approximate surface area is 129 Å². The van der Waals surface area contributed by atoms with Crippen LogP contribution in [0.4, 0.5) is 9.18 Å². The number of aliphatic hydroxyl groups is 1. The molecule has 2 amide bonds. The van der Waals surface area contributed by atoms with Crippen LogP contribution in [0.5, 0.6) is 0 Å². The van der Waals surface area contributed by atoms with Crippen molar-refractivity contribution in [2.75, 3.05) is 6.54 Å². The van der Waals surface area contributed by atoms with Crippen molar-refractivity contribution in [3.63, 3.8) is 0 Å². The molecule has 3 N–H and O–H groups in total. The number of aliphatic hydroxyl groups excluding tert-OH is 1. The highest BCUT2D eigenvalue weighted by molar-refractivity contribution is 6.31. The van der Waals surface area contributed by atoms with Crippen LogP contribution in [0, 0.1) is 11.7 Å². The Bertz CT molecular complexity index is 483. The van der Waals surface area contributed by atoms with Gasteiger partial charge in [0.2, 0.25) is 0 Å². The highest BCUT2D eigenvalue weighted by Crippen LogP contribution is 2.23. The molecular formula is C15H22ClFN2O2. The van der Waals surface area contributed by atoms with Crippen LogP contribution >= 0.6 is 11.6 Å². The van der Waals surface area contributed by atoms with E-state index < -0.39 is 5.82 Å². The van der Waals surface area contributed by atoms with E-state index in [0.29, 0.717) is 18.5 Å². The van der Waals surface area contributed by atoms with E-state index in [1.54, 1.807) is 19.9 Å². The third kappa shape index (κ3) is 6.31. The van der Waals surface area contributed by atoms with Crippen molar-refractivity contribution in [2.45, 2.75) is 39.3 Å². The molecule has 6 heteroatoms. The van der Waals surface area contributed by atoms with Crippen LogP contribution in [0.1, 0.15) is 38.8 Å². The molecule has 3 unspecified atom stereocenters. The first kappa shape index (κ1) is 17.7. The Kier molecular flexibility index (Phi) is 6.92. The van der Waals surface area contributed by atoms with Gasteiger partial charge in [0.1, 0.15) is 5.82 Å². The summed E-state index contributed by atoms with van der Waals surface area (Å²) in [6.07, 6.45) is 0.237. The topological polar surface area (TPSA) is 61.4 Å². The van der Waals surface area contributed by atoms with E-state index in [9.17, 15) is 14.3 Å². The molecule has 0 saturated carbocycles. The lowest BCUT2D eigenvalue weighted by Gasteiger charge is -2.18. The number of nitrogens with one attached hydrogen (secondary N) is 2. The second-order valence-electron chi connectivity index (χ2n) is 5.43. The van der Waals surface area contributed by atoms with Crippen LogP contribution in [-0.4, -0.2) is 23.8 Å². The number of rotatable bonds is 6. The Morgan fingerprint density at radius 2 is 2.05 bits per heavy atom. The van der Waals surface area contributed by atoms with E-state index in [1.807, 2.05) is 6.92 Å². The van der Waals surface area contributed by atoms with Crippen LogP contribution < -0.4 is 10.6 Å². The van der Waals surface area contributed by atoms with Gasteiger partial charge in [-0.05, 0) is 43.9 Å². The molecule has 0 aromatic heterocycles. The number of urea groups is 1. The molecule has 1 rings (SSSR count). The first-order chi connectivity index (χ1) is 9.79. The van der Waals surface area contributed by atoms with Crippen molar-refractivity contribution in [3.05, 3.63) is 34.6 Å². The van der Waals surface area contributed by atoms with Crippen LogP contribution in [0.15, 0.2) is 18.2 Å². The predicted octanol–water partition coefficient (Wildman–Crippen LogP) is 3.25. The van der Waals surface area contributed by atoms with Gasteiger partial charge >= 0.3 is 6.03 Å². The quantitative estimate of drug-likeness (QED) is 0.754. The summed E-state index contributed by atoms with van der Waals surface area (Å²) >= 11 is 5.95. The predicted molar refractivity (Wildman–Crippen MR) is 81.8 cm³/mol. The van der Waals surface area contributed by atoms with Gasteiger partial charge in [-0.25, -0.2) is 9.18 Å². The maximum absolute atomic E-state index is 13.0. The highest BCUT2D eigenvalue weighted by Gasteiger charge is 2.14. The van der Waals surface area contributed by atoms with E-state index in [4.69, 9.17) is 11.6 Å². The van der Waals surface area contributed by atoms with Crippen molar-refractivity contribution in [1.29, 1.82) is 0 Å². The Balaban J connectivity index is 2.47. The zero-order valence-corrected chi connectivity index (χ0v) is 13.2. The molecule has 4 nitrogen and oxygen atoms in total. The lowest BCUT2D eigenvalue weighted by molar-refractivity contribution is 0.163. The molecule has 0 radical (unpaired) electrons. The Hall–Kier alpha value is -1.33. The summed E-state index contributed by atoms with van der Waals surface area (Å²) in [6.45, 7) is 5.92. The van der Waals surface area contributed by atoms with Crippen molar-refractivity contribution < 1.29 is 14.3 Å². The maximum atomic E-state index is 13.0. The summed E-state index contributed by atoms with van der Waals surface area (Å²) < 4.78 is 13.0. The van der Waals surface area contributed by atoms with E-state index in [2.05, 4.69) is 10.6 Å². The van der Waals surface area contributed by atoms with Gasteiger partial charge in [0, 0.05) is 11.6 Å². The number of halogens is 2. The molecule has 0 saturated heterocycles. The van der Waals surface area contributed by atoms with Crippen LogP contribution in [-0.2, 0) is 0 Å². The molecule has 0 bridgehead atoms. The molecule has 21 heavy (non-hydrogen) atoms. The average Bonchev–Trinajstić information content (AvgIpc) is 2.35. The zero-order chi connectivity index (χ0) is 16.0. The fraction of sp³-hybridized carbons (Fsp3) is 0.533. The number of benzene rings is 1. The average molecular weight is 317 g/mol. The van der Waals surface area contributed by atoms with E-state index in [1.165, 1.54) is 12.1 Å². The fourth-order valence-corrected chi connectivity index (χ4v) is 2.44. The molecule has 0 fully saturated rings. The van der Waals surface area contributed by atoms with E-state index >= 15 is 0 Å². The first-order valence-corrected chi connectivity index (χ1v) is 7.34. The van der Waals surface area contributed by atoms with Gasteiger partial charge in [-0.15, -0.1) is 0 Å². The number of carbonyl (C=O) groups excluding carboxylic acids is 1. The van der Waals surface area contributed by atoms with Crippen molar-refractivity contribution in [1.82, 2.24) is 10.6 Å². The lowest BCUT2D eigenvalue weighted by atomic mass is 10.1. The second kappa shape index (κ2) is 8.20. The third-order valence-electron chi connectivity index (χ3n) is 3.13. The lowest BCUT2D eigenvalue weighted by Crippen LogP contribution is -2.39. The standard InChI is InChI=1S/C15H22ClFN2O2/c1-9(6-10(2)20)8-18-15(21)19-11(3)13-5-4-12(17)7-14(13)16/h4-5,7,9-11,20H,6,8H2,1-3H3,(H2,18,19,21).